The summed E-state index contributed by atoms with van der Waals surface area (Å²) in [7, 11) is -4.07. The van der Waals surface area contributed by atoms with E-state index < -0.39 is 16.6 Å². The molecule has 0 radical (unpaired) electrons. The number of fused-ring (bicyclic) bond motifs is 2. The average Bonchev–Trinajstić information content (AvgIpc) is 3.58. The standard InChI is InChI=1S/C29H45N5O5Si2/c1-28(2,3)40(7,8)37-15-22-21(39-41(9,10)29(4,5)6)14-23(38-22)34-16-31-25-24(32-27(30)33-26(25)34)18-11-12-19-20(13-18)36-17-35-19/h11-13,16,21-23H,14-15,17H2,1-10H3,(H2,30,32,33)/t21-,22+,23+/m0/s1. The highest BCUT2D eigenvalue weighted by Crippen LogP contribution is 2.43. The maximum atomic E-state index is 6.96. The number of benzene rings is 1. The van der Waals surface area contributed by atoms with Gasteiger partial charge in [-0.2, -0.15) is 4.98 Å². The Balaban J connectivity index is 1.47. The number of nitrogens with zero attached hydrogens (tertiary/aromatic N) is 4. The summed E-state index contributed by atoms with van der Waals surface area (Å²) >= 11 is 0. The molecule has 2 aromatic heterocycles. The van der Waals surface area contributed by atoms with E-state index in [1.807, 2.05) is 22.8 Å². The fourth-order valence-electron chi connectivity index (χ4n) is 4.60. The second kappa shape index (κ2) is 10.3. The number of nitrogens with two attached hydrogens (primary N) is 1. The van der Waals surface area contributed by atoms with Crippen molar-refractivity contribution in [1.82, 2.24) is 19.5 Å². The van der Waals surface area contributed by atoms with Crippen LogP contribution in [-0.4, -0.2) is 61.8 Å². The molecule has 1 saturated heterocycles. The number of anilines is 1. The summed E-state index contributed by atoms with van der Waals surface area (Å²) in [6, 6.07) is 5.69. The van der Waals surface area contributed by atoms with Gasteiger partial charge in [0.15, 0.2) is 33.8 Å². The lowest BCUT2D eigenvalue weighted by Crippen LogP contribution is -2.48. The molecule has 224 valence electrons. The average molecular weight is 600 g/mol. The van der Waals surface area contributed by atoms with Crippen molar-refractivity contribution in [3.63, 3.8) is 0 Å². The van der Waals surface area contributed by atoms with Gasteiger partial charge in [-0.3, -0.25) is 4.57 Å². The predicted octanol–water partition coefficient (Wildman–Crippen LogP) is 6.50. The highest BCUT2D eigenvalue weighted by Gasteiger charge is 2.47. The van der Waals surface area contributed by atoms with Crippen LogP contribution < -0.4 is 15.2 Å². The molecular weight excluding hydrogens is 555 g/mol. The van der Waals surface area contributed by atoms with Gasteiger partial charge in [0, 0.05) is 12.0 Å². The van der Waals surface area contributed by atoms with Gasteiger partial charge in [0.1, 0.15) is 23.5 Å². The molecular formula is C29H45N5O5Si2. The van der Waals surface area contributed by atoms with Gasteiger partial charge in [0.25, 0.3) is 0 Å². The summed E-state index contributed by atoms with van der Waals surface area (Å²) in [4.78, 5) is 13.9. The summed E-state index contributed by atoms with van der Waals surface area (Å²) in [6.45, 7) is 23.3. The second-order valence-electron chi connectivity index (χ2n) is 14.2. The van der Waals surface area contributed by atoms with E-state index >= 15 is 0 Å². The summed E-state index contributed by atoms with van der Waals surface area (Å²) in [5.41, 5.74) is 8.95. The summed E-state index contributed by atoms with van der Waals surface area (Å²) < 4.78 is 33.3. The van der Waals surface area contributed by atoms with Crippen LogP contribution in [0.25, 0.3) is 22.4 Å². The van der Waals surface area contributed by atoms with Crippen LogP contribution in [0, 0.1) is 0 Å². The van der Waals surface area contributed by atoms with E-state index in [1.165, 1.54) is 0 Å². The third-order valence-corrected chi connectivity index (χ3v) is 18.2. The minimum Gasteiger partial charge on any atom is -0.454 e. The fourth-order valence-corrected chi connectivity index (χ4v) is 6.97. The van der Waals surface area contributed by atoms with Gasteiger partial charge < -0.3 is 28.8 Å². The molecule has 3 aromatic rings. The molecule has 0 amide bonds. The minimum absolute atomic E-state index is 0.0683. The van der Waals surface area contributed by atoms with E-state index in [0.717, 1.165) is 5.56 Å². The van der Waals surface area contributed by atoms with Crippen LogP contribution in [0.1, 0.15) is 54.2 Å². The van der Waals surface area contributed by atoms with Crippen molar-refractivity contribution in [2.24, 2.45) is 0 Å². The molecule has 0 spiro atoms. The third kappa shape index (κ3) is 5.76. The van der Waals surface area contributed by atoms with Crippen molar-refractivity contribution in [2.45, 2.75) is 103 Å². The molecule has 3 atom stereocenters. The smallest absolute Gasteiger partial charge is 0.231 e. The highest BCUT2D eigenvalue weighted by atomic mass is 28.4. The molecule has 0 saturated carbocycles. The molecule has 2 aliphatic rings. The van der Waals surface area contributed by atoms with Crippen molar-refractivity contribution < 1.29 is 23.1 Å². The van der Waals surface area contributed by atoms with E-state index in [0.29, 0.717) is 41.4 Å². The fraction of sp³-hybridized carbons (Fsp3) is 0.621. The van der Waals surface area contributed by atoms with Crippen LogP contribution >= 0.6 is 0 Å². The SMILES string of the molecule is CC(C)(C)[Si](C)(C)OC[C@H]1O[C@@H](n2cnc3c(-c4ccc5c(c4)OCO5)nc(N)nc32)C[C@@H]1O[Si](C)(C)C(C)(C)C. The van der Waals surface area contributed by atoms with Crippen molar-refractivity contribution in [3.05, 3.63) is 24.5 Å². The van der Waals surface area contributed by atoms with Gasteiger partial charge in [-0.25, -0.2) is 9.97 Å². The predicted molar refractivity (Wildman–Crippen MR) is 165 cm³/mol. The van der Waals surface area contributed by atoms with Crippen LogP contribution in [0.2, 0.25) is 36.3 Å². The van der Waals surface area contributed by atoms with Crippen molar-refractivity contribution >= 4 is 33.7 Å². The molecule has 4 heterocycles. The molecule has 12 heteroatoms. The first-order valence-electron chi connectivity index (χ1n) is 14.3. The normalized spacial score (nSPS) is 21.7. The third-order valence-electron chi connectivity index (χ3n) is 9.24. The number of nitrogen functional groups attached to an aromatic ring is 1. The summed E-state index contributed by atoms with van der Waals surface area (Å²) in [6.07, 6.45) is 1.76. The van der Waals surface area contributed by atoms with E-state index in [1.54, 1.807) is 6.33 Å². The Morgan fingerprint density at radius 1 is 0.976 bits per heavy atom. The van der Waals surface area contributed by atoms with Crippen LogP contribution in [0.3, 0.4) is 0 Å². The van der Waals surface area contributed by atoms with Gasteiger partial charge in [-0.05, 0) is 54.5 Å². The van der Waals surface area contributed by atoms with E-state index in [2.05, 4.69) is 77.7 Å². The zero-order valence-electron chi connectivity index (χ0n) is 26.1. The van der Waals surface area contributed by atoms with Crippen LogP contribution in [0.15, 0.2) is 24.5 Å². The number of ether oxygens (including phenoxy) is 3. The lowest BCUT2D eigenvalue weighted by molar-refractivity contribution is -0.0383. The lowest BCUT2D eigenvalue weighted by atomic mass is 10.1. The number of rotatable bonds is 7. The Labute approximate surface area is 245 Å². The molecule has 2 N–H and O–H groups in total. The first-order chi connectivity index (χ1) is 19.0. The Morgan fingerprint density at radius 3 is 2.34 bits per heavy atom. The molecule has 0 unspecified atom stereocenters. The number of aromatic nitrogens is 4. The molecule has 10 nitrogen and oxygen atoms in total. The van der Waals surface area contributed by atoms with Crippen molar-refractivity contribution in [3.8, 4) is 22.8 Å². The number of hydrogen-bond acceptors (Lipinski definition) is 9. The first-order valence-corrected chi connectivity index (χ1v) is 20.2. The molecule has 1 fully saturated rings. The number of hydrogen-bond donors (Lipinski definition) is 1. The van der Waals surface area contributed by atoms with Crippen molar-refractivity contribution in [2.75, 3.05) is 19.1 Å². The largest absolute Gasteiger partial charge is 0.454 e. The van der Waals surface area contributed by atoms with Gasteiger partial charge >= 0.3 is 0 Å². The van der Waals surface area contributed by atoms with Crippen LogP contribution in [0.4, 0.5) is 5.95 Å². The maximum Gasteiger partial charge on any atom is 0.231 e. The van der Waals surface area contributed by atoms with Gasteiger partial charge in [-0.1, -0.05) is 41.5 Å². The minimum atomic E-state index is -2.08. The Morgan fingerprint density at radius 2 is 1.66 bits per heavy atom. The lowest BCUT2D eigenvalue weighted by Gasteiger charge is -2.40. The summed E-state index contributed by atoms with van der Waals surface area (Å²) in [5.74, 6) is 1.54. The van der Waals surface area contributed by atoms with E-state index in [9.17, 15) is 0 Å². The Kier molecular flexibility index (Phi) is 7.55. The second-order valence-corrected chi connectivity index (χ2v) is 23.7. The molecule has 5 rings (SSSR count). The van der Waals surface area contributed by atoms with Crippen LogP contribution in [-0.2, 0) is 13.6 Å². The summed E-state index contributed by atoms with van der Waals surface area (Å²) in [5, 5.41) is 0.166. The van der Waals surface area contributed by atoms with Gasteiger partial charge in [-0.15, -0.1) is 0 Å². The highest BCUT2D eigenvalue weighted by molar-refractivity contribution is 6.74. The van der Waals surface area contributed by atoms with Gasteiger partial charge in [0.2, 0.25) is 12.7 Å². The monoisotopic (exact) mass is 599 g/mol. The topological polar surface area (TPSA) is 116 Å². The Hall–Kier alpha value is -2.52. The molecule has 1 aromatic carbocycles. The zero-order valence-corrected chi connectivity index (χ0v) is 28.1. The Bertz CT molecular complexity index is 1430. The first kappa shape index (κ1) is 30.0. The number of imidazole rings is 1. The zero-order chi connectivity index (χ0) is 30.0. The van der Waals surface area contributed by atoms with E-state index in [4.69, 9.17) is 33.8 Å². The quantitative estimate of drug-likeness (QED) is 0.304. The molecule has 41 heavy (non-hydrogen) atoms. The van der Waals surface area contributed by atoms with E-state index in [-0.39, 0.29) is 41.3 Å². The molecule has 2 aliphatic heterocycles. The van der Waals surface area contributed by atoms with Crippen molar-refractivity contribution in [1.29, 1.82) is 0 Å². The molecule has 0 aliphatic carbocycles. The van der Waals surface area contributed by atoms with Crippen LogP contribution in [0.5, 0.6) is 11.5 Å². The maximum absolute atomic E-state index is 6.96. The van der Waals surface area contributed by atoms with Gasteiger partial charge in [0.05, 0.1) is 19.0 Å². The molecule has 0 bridgehead atoms.